The molecule has 3 amide bonds. The first-order valence-corrected chi connectivity index (χ1v) is 13.9. The van der Waals surface area contributed by atoms with Crippen LogP contribution in [0.1, 0.15) is 48.3 Å². The minimum atomic E-state index is -4.01. The van der Waals surface area contributed by atoms with Crippen LogP contribution >= 0.6 is 11.6 Å². The number of aryl methyl sites for hydroxylation is 2. The maximum absolute atomic E-state index is 13.7. The van der Waals surface area contributed by atoms with Crippen molar-refractivity contribution < 1.29 is 22.8 Å². The summed E-state index contributed by atoms with van der Waals surface area (Å²) in [4.78, 5) is 36.8. The van der Waals surface area contributed by atoms with E-state index < -0.39 is 21.7 Å². The molecule has 2 aromatic carbocycles. The monoisotopic (exact) mass is 559 g/mol. The van der Waals surface area contributed by atoms with Crippen molar-refractivity contribution in [3.63, 3.8) is 0 Å². The van der Waals surface area contributed by atoms with Crippen molar-refractivity contribution in [1.82, 2.24) is 18.9 Å². The van der Waals surface area contributed by atoms with Crippen LogP contribution in [0, 0.1) is 6.92 Å². The average Bonchev–Trinajstić information content (AvgIpc) is 3.18. The van der Waals surface area contributed by atoms with Crippen LogP contribution in [0.4, 0.5) is 5.69 Å². The van der Waals surface area contributed by atoms with Crippen molar-refractivity contribution in [1.29, 1.82) is 0 Å². The normalized spacial score (nSPS) is 15.7. The molecule has 12 heteroatoms. The lowest BCUT2D eigenvalue weighted by atomic mass is 9.81. The van der Waals surface area contributed by atoms with Gasteiger partial charge in [0.2, 0.25) is 11.8 Å². The molecule has 1 fully saturated rings. The molecule has 4 rings (SSSR count). The molecule has 0 unspecified atom stereocenters. The Morgan fingerprint density at radius 3 is 2.32 bits per heavy atom. The lowest BCUT2D eigenvalue weighted by Gasteiger charge is -2.42. The molecule has 3 aromatic rings. The van der Waals surface area contributed by atoms with Crippen LogP contribution in [-0.2, 0) is 32.4 Å². The highest BCUT2D eigenvalue weighted by Crippen LogP contribution is 2.36. The fourth-order valence-corrected chi connectivity index (χ4v) is 6.29. The molecule has 1 saturated heterocycles. The molecule has 0 radical (unpaired) electrons. The number of benzene rings is 2. The lowest BCUT2D eigenvalue weighted by Crippen LogP contribution is -2.56. The predicted molar refractivity (Wildman–Crippen MR) is 146 cm³/mol. The van der Waals surface area contributed by atoms with E-state index in [0.29, 0.717) is 16.4 Å². The second-order valence-corrected chi connectivity index (χ2v) is 11.6. The second-order valence-electron chi connectivity index (χ2n) is 9.58. The van der Waals surface area contributed by atoms with E-state index in [1.807, 2.05) is 29.8 Å². The summed E-state index contributed by atoms with van der Waals surface area (Å²) in [6.07, 6.45) is 0.482. The molecule has 0 bridgehead atoms. The largest absolute Gasteiger partial charge is 0.341 e. The molecule has 1 aliphatic rings. The summed E-state index contributed by atoms with van der Waals surface area (Å²) >= 11 is 6.51. The minimum absolute atomic E-state index is 0.0629. The van der Waals surface area contributed by atoms with Crippen molar-refractivity contribution in [3.05, 3.63) is 64.3 Å². The summed E-state index contributed by atoms with van der Waals surface area (Å²) in [6.45, 7) is 4.56. The van der Waals surface area contributed by atoms with Crippen LogP contribution in [0.3, 0.4) is 0 Å². The van der Waals surface area contributed by atoms with Crippen molar-refractivity contribution >= 4 is 56.1 Å². The van der Waals surface area contributed by atoms with E-state index in [9.17, 15) is 22.8 Å². The summed E-state index contributed by atoms with van der Waals surface area (Å²) in [5, 5.41) is 7.26. The summed E-state index contributed by atoms with van der Waals surface area (Å²) in [5.41, 5.74) is 2.45. The van der Waals surface area contributed by atoms with E-state index >= 15 is 0 Å². The summed E-state index contributed by atoms with van der Waals surface area (Å²) in [5.74, 6) is -1.26. The molecule has 202 valence electrons. The fraction of sp³-hybridized carbons (Fsp3) is 0.346. The minimum Gasteiger partial charge on any atom is -0.341 e. The molecule has 0 saturated carbocycles. The highest BCUT2D eigenvalue weighted by atomic mass is 35.5. The Kier molecular flexibility index (Phi) is 7.55. The average molecular weight is 560 g/mol. The summed E-state index contributed by atoms with van der Waals surface area (Å²) in [7, 11) is -2.22. The number of piperidine rings is 1. The van der Waals surface area contributed by atoms with Crippen LogP contribution in [0.2, 0.25) is 5.02 Å². The van der Waals surface area contributed by atoms with Gasteiger partial charge in [-0.25, -0.2) is 4.72 Å². The first-order chi connectivity index (χ1) is 17.8. The molecule has 1 aliphatic heterocycles. The maximum Gasteiger partial charge on any atom is 0.303 e. The van der Waals surface area contributed by atoms with Crippen molar-refractivity contribution in [2.45, 2.75) is 39.2 Å². The highest BCUT2D eigenvalue weighted by molar-refractivity contribution is 7.87. The fourth-order valence-electron chi connectivity index (χ4n) is 4.92. The lowest BCUT2D eigenvalue weighted by molar-refractivity contribution is -0.117. The van der Waals surface area contributed by atoms with Gasteiger partial charge in [-0.1, -0.05) is 29.8 Å². The van der Waals surface area contributed by atoms with Gasteiger partial charge in [0.1, 0.15) is 5.69 Å². The molecule has 1 aromatic heterocycles. The first-order valence-electron chi connectivity index (χ1n) is 12.1. The van der Waals surface area contributed by atoms with Crippen LogP contribution < -0.4 is 15.4 Å². The summed E-state index contributed by atoms with van der Waals surface area (Å²) in [6, 6.07) is 12.7. The molecule has 0 atom stereocenters. The Morgan fingerprint density at radius 2 is 1.68 bits per heavy atom. The van der Waals surface area contributed by atoms with Crippen LogP contribution in [0.15, 0.2) is 42.5 Å². The predicted octanol–water partition coefficient (Wildman–Crippen LogP) is 3.20. The Bertz CT molecular complexity index is 1540. The Morgan fingerprint density at radius 1 is 1.00 bits per heavy atom. The first kappa shape index (κ1) is 27.6. The quantitative estimate of drug-likeness (QED) is 0.427. The number of halogens is 1. The van der Waals surface area contributed by atoms with Gasteiger partial charge < -0.3 is 15.2 Å². The van der Waals surface area contributed by atoms with Gasteiger partial charge in [0.25, 0.3) is 5.91 Å². The third-order valence-corrected chi connectivity index (χ3v) is 8.96. The van der Waals surface area contributed by atoms with Gasteiger partial charge in [0.05, 0.1) is 10.6 Å². The smallest absolute Gasteiger partial charge is 0.303 e. The number of rotatable bonds is 6. The highest BCUT2D eigenvalue weighted by Gasteiger charge is 2.41. The Balaban J connectivity index is 1.71. The van der Waals surface area contributed by atoms with E-state index in [-0.39, 0.29) is 37.7 Å². The van der Waals surface area contributed by atoms with Gasteiger partial charge in [-0.05, 0) is 55.2 Å². The number of hydrogen-bond acceptors (Lipinski definition) is 5. The van der Waals surface area contributed by atoms with E-state index in [4.69, 9.17) is 11.6 Å². The van der Waals surface area contributed by atoms with E-state index in [1.54, 1.807) is 35.9 Å². The molecule has 0 spiro atoms. The Labute approximate surface area is 226 Å². The number of aromatic nitrogens is 1. The van der Waals surface area contributed by atoms with Gasteiger partial charge in [0.15, 0.2) is 0 Å². The number of carbonyl (C=O) groups is 3. The number of nitrogens with one attached hydrogen (secondary N) is 3. The number of hydrogen-bond donors (Lipinski definition) is 3. The van der Waals surface area contributed by atoms with E-state index in [1.165, 1.54) is 11.2 Å². The SMILES string of the molecule is CC(=O)Nc1cccc(C2(NC(=O)c3cc4c(Cl)c(C)ccc4n3C)CCN(S(=O)(=O)NC(C)=O)CC2)c1. The van der Waals surface area contributed by atoms with Crippen molar-refractivity contribution in [2.24, 2.45) is 7.05 Å². The van der Waals surface area contributed by atoms with Crippen LogP contribution in [0.5, 0.6) is 0 Å². The zero-order chi connectivity index (χ0) is 27.8. The molecule has 3 N–H and O–H groups in total. The molecular weight excluding hydrogens is 530 g/mol. The number of fused-ring (bicyclic) bond motifs is 1. The van der Waals surface area contributed by atoms with Crippen LogP contribution in [-0.4, -0.2) is 48.1 Å². The topological polar surface area (TPSA) is 130 Å². The van der Waals surface area contributed by atoms with Gasteiger partial charge in [-0.2, -0.15) is 12.7 Å². The zero-order valence-corrected chi connectivity index (χ0v) is 23.2. The standard InChI is InChI=1S/C26H30ClN5O5S/c1-16-8-9-22-21(24(16)27)15-23(31(22)4)25(35)29-26(19-6-5-7-20(14-19)28-17(2)33)10-12-32(13-11-26)38(36,37)30-18(3)34/h5-9,14-15H,10-13H2,1-4H3,(H,28,33)(H,29,35)(H,30,34). The molecule has 38 heavy (non-hydrogen) atoms. The number of amides is 3. The van der Waals surface area contributed by atoms with Crippen LogP contribution in [0.25, 0.3) is 10.9 Å². The van der Waals surface area contributed by atoms with Crippen molar-refractivity contribution in [2.75, 3.05) is 18.4 Å². The second kappa shape index (κ2) is 10.4. The van der Waals surface area contributed by atoms with E-state index in [0.717, 1.165) is 29.0 Å². The van der Waals surface area contributed by atoms with Gasteiger partial charge in [0, 0.05) is 50.6 Å². The van der Waals surface area contributed by atoms with Crippen molar-refractivity contribution in [3.8, 4) is 0 Å². The van der Waals surface area contributed by atoms with E-state index in [2.05, 4.69) is 10.6 Å². The molecular formula is C26H30ClN5O5S. The maximum atomic E-state index is 13.7. The number of carbonyl (C=O) groups excluding carboxylic acids is 3. The summed E-state index contributed by atoms with van der Waals surface area (Å²) < 4.78 is 30.2. The third-order valence-electron chi connectivity index (χ3n) is 6.86. The van der Waals surface area contributed by atoms with Gasteiger partial charge in [-0.3, -0.25) is 14.4 Å². The number of nitrogens with zero attached hydrogens (tertiary/aromatic N) is 2. The molecule has 2 heterocycles. The van der Waals surface area contributed by atoms with Gasteiger partial charge >= 0.3 is 10.2 Å². The molecule has 0 aliphatic carbocycles. The number of anilines is 1. The zero-order valence-electron chi connectivity index (χ0n) is 21.6. The van der Waals surface area contributed by atoms with Gasteiger partial charge in [-0.15, -0.1) is 0 Å². The third kappa shape index (κ3) is 5.40. The molecule has 10 nitrogen and oxygen atoms in total. The Hall–Kier alpha value is -3.41.